The van der Waals surface area contributed by atoms with Gasteiger partial charge in [-0.25, -0.2) is 4.98 Å². The number of carbonyl (C=O) groups excluding carboxylic acids is 1. The van der Waals surface area contributed by atoms with E-state index in [2.05, 4.69) is 23.3 Å². The Labute approximate surface area is 122 Å². The van der Waals surface area contributed by atoms with Gasteiger partial charge in [-0.2, -0.15) is 0 Å². The first-order valence-electron chi connectivity index (χ1n) is 6.38. The van der Waals surface area contributed by atoms with Gasteiger partial charge in [-0.1, -0.05) is 6.07 Å². The van der Waals surface area contributed by atoms with E-state index in [1.165, 1.54) is 16.9 Å². The smallest absolute Gasteiger partial charge is 0.264 e. The van der Waals surface area contributed by atoms with Crippen molar-refractivity contribution < 1.29 is 9.53 Å². The van der Waals surface area contributed by atoms with Crippen LogP contribution in [0.3, 0.4) is 0 Å². The molecule has 0 bridgehead atoms. The highest BCUT2D eigenvalue weighted by atomic mass is 32.1. The van der Waals surface area contributed by atoms with Crippen molar-refractivity contribution in [1.29, 1.82) is 0 Å². The molecular weight excluding hydrogens is 272 g/mol. The molecule has 0 spiro atoms. The average molecular weight is 290 g/mol. The van der Waals surface area contributed by atoms with Crippen molar-refractivity contribution in [2.45, 2.75) is 27.7 Å². The normalized spacial score (nSPS) is 10.4. The number of hydrogen-bond donors (Lipinski definition) is 1. The molecule has 0 aliphatic heterocycles. The number of amides is 1. The molecule has 5 heteroatoms. The molecule has 0 saturated heterocycles. The Hall–Kier alpha value is -1.88. The number of anilines is 1. The standard InChI is InChI=1S/C15H18N2O2S/c1-9-5-11(3)13(6-10(9)2)19-8-14(18)17-15-16-7-12(4)20-15/h5-7H,8H2,1-4H3,(H,16,17,18). The summed E-state index contributed by atoms with van der Waals surface area (Å²) >= 11 is 1.45. The molecule has 2 rings (SSSR count). The molecule has 2 aromatic rings. The van der Waals surface area contributed by atoms with Gasteiger partial charge >= 0.3 is 0 Å². The molecule has 0 fully saturated rings. The van der Waals surface area contributed by atoms with Crippen molar-refractivity contribution in [2.24, 2.45) is 0 Å². The summed E-state index contributed by atoms with van der Waals surface area (Å²) < 4.78 is 5.58. The number of nitrogens with one attached hydrogen (secondary N) is 1. The summed E-state index contributed by atoms with van der Waals surface area (Å²) in [4.78, 5) is 16.9. The van der Waals surface area contributed by atoms with Crippen molar-refractivity contribution in [1.82, 2.24) is 4.98 Å². The van der Waals surface area contributed by atoms with E-state index in [4.69, 9.17) is 4.74 Å². The number of thiazole rings is 1. The molecule has 0 aliphatic rings. The second-order valence-corrected chi connectivity index (χ2v) is 6.05. The van der Waals surface area contributed by atoms with Gasteiger partial charge in [0.15, 0.2) is 11.7 Å². The van der Waals surface area contributed by atoms with Gasteiger partial charge in [0.25, 0.3) is 5.91 Å². The van der Waals surface area contributed by atoms with E-state index in [1.807, 2.05) is 26.8 Å². The number of rotatable bonds is 4. The minimum absolute atomic E-state index is 0.0119. The Balaban J connectivity index is 1.95. The van der Waals surface area contributed by atoms with Crippen LogP contribution >= 0.6 is 11.3 Å². The summed E-state index contributed by atoms with van der Waals surface area (Å²) in [6, 6.07) is 4.03. The quantitative estimate of drug-likeness (QED) is 0.939. The molecular formula is C15H18N2O2S. The Kier molecular flexibility index (Phi) is 4.39. The van der Waals surface area contributed by atoms with E-state index < -0.39 is 0 Å². The van der Waals surface area contributed by atoms with Crippen molar-refractivity contribution in [3.05, 3.63) is 39.9 Å². The van der Waals surface area contributed by atoms with E-state index in [1.54, 1.807) is 6.20 Å². The zero-order valence-electron chi connectivity index (χ0n) is 12.1. The van der Waals surface area contributed by atoms with Crippen molar-refractivity contribution in [2.75, 3.05) is 11.9 Å². The minimum Gasteiger partial charge on any atom is -0.483 e. The molecule has 0 radical (unpaired) electrons. The maximum atomic E-state index is 11.8. The number of carbonyl (C=O) groups is 1. The highest BCUT2D eigenvalue weighted by Gasteiger charge is 2.08. The topological polar surface area (TPSA) is 51.2 Å². The SMILES string of the molecule is Cc1cnc(NC(=O)COc2cc(C)c(C)cc2C)s1. The van der Waals surface area contributed by atoms with Crippen LogP contribution in [0.5, 0.6) is 5.75 Å². The Morgan fingerprint density at radius 3 is 2.55 bits per heavy atom. The fourth-order valence-electron chi connectivity index (χ4n) is 1.80. The van der Waals surface area contributed by atoms with Gasteiger partial charge in [0.1, 0.15) is 5.75 Å². The summed E-state index contributed by atoms with van der Waals surface area (Å²) in [6.07, 6.45) is 1.73. The molecule has 20 heavy (non-hydrogen) atoms. The molecule has 0 saturated carbocycles. The van der Waals surface area contributed by atoms with Crippen molar-refractivity contribution in [3.8, 4) is 5.75 Å². The van der Waals surface area contributed by atoms with Crippen LogP contribution in [0, 0.1) is 27.7 Å². The lowest BCUT2D eigenvalue weighted by atomic mass is 10.1. The van der Waals surface area contributed by atoms with Crippen LogP contribution in [-0.2, 0) is 4.79 Å². The summed E-state index contributed by atoms with van der Waals surface area (Å²) in [6.45, 7) is 8.00. The van der Waals surface area contributed by atoms with Crippen LogP contribution in [0.4, 0.5) is 5.13 Å². The molecule has 1 aromatic carbocycles. The molecule has 0 unspecified atom stereocenters. The third kappa shape index (κ3) is 3.57. The van der Waals surface area contributed by atoms with Crippen LogP contribution in [0.1, 0.15) is 21.6 Å². The molecule has 0 atom stereocenters. The van der Waals surface area contributed by atoms with E-state index in [9.17, 15) is 4.79 Å². The van der Waals surface area contributed by atoms with Crippen LogP contribution in [0.2, 0.25) is 0 Å². The molecule has 1 aromatic heterocycles. The monoisotopic (exact) mass is 290 g/mol. The number of hydrogen-bond acceptors (Lipinski definition) is 4. The third-order valence-electron chi connectivity index (χ3n) is 3.02. The van der Waals surface area contributed by atoms with E-state index in [0.717, 1.165) is 21.8 Å². The number of ether oxygens (including phenoxy) is 1. The zero-order valence-corrected chi connectivity index (χ0v) is 12.9. The summed E-state index contributed by atoms with van der Waals surface area (Å²) in [7, 11) is 0. The molecule has 1 amide bonds. The number of benzene rings is 1. The first kappa shape index (κ1) is 14.5. The number of aromatic nitrogens is 1. The lowest BCUT2D eigenvalue weighted by Crippen LogP contribution is -2.20. The van der Waals surface area contributed by atoms with Crippen LogP contribution in [-0.4, -0.2) is 17.5 Å². The third-order valence-corrected chi connectivity index (χ3v) is 3.85. The van der Waals surface area contributed by atoms with E-state index in [0.29, 0.717) is 5.13 Å². The second kappa shape index (κ2) is 6.05. The average Bonchev–Trinajstić information content (AvgIpc) is 2.77. The van der Waals surface area contributed by atoms with Crippen molar-refractivity contribution in [3.63, 3.8) is 0 Å². The lowest BCUT2D eigenvalue weighted by Gasteiger charge is -2.11. The van der Waals surface area contributed by atoms with Crippen LogP contribution < -0.4 is 10.1 Å². The molecule has 106 valence electrons. The molecule has 4 nitrogen and oxygen atoms in total. The lowest BCUT2D eigenvalue weighted by molar-refractivity contribution is -0.118. The molecule has 1 heterocycles. The van der Waals surface area contributed by atoms with E-state index >= 15 is 0 Å². The van der Waals surface area contributed by atoms with Gasteiger partial charge in [0.05, 0.1) is 0 Å². The van der Waals surface area contributed by atoms with Crippen LogP contribution in [0.25, 0.3) is 0 Å². The van der Waals surface area contributed by atoms with Crippen molar-refractivity contribution >= 4 is 22.4 Å². The summed E-state index contributed by atoms with van der Waals surface area (Å²) in [5, 5.41) is 3.33. The highest BCUT2D eigenvalue weighted by Crippen LogP contribution is 2.22. The second-order valence-electron chi connectivity index (χ2n) is 4.81. The van der Waals surface area contributed by atoms with Gasteiger partial charge < -0.3 is 4.74 Å². The largest absolute Gasteiger partial charge is 0.483 e. The van der Waals surface area contributed by atoms with E-state index in [-0.39, 0.29) is 12.5 Å². The van der Waals surface area contributed by atoms with Gasteiger partial charge in [-0.3, -0.25) is 10.1 Å². The Bertz CT molecular complexity index is 635. The maximum absolute atomic E-state index is 11.8. The van der Waals surface area contributed by atoms with Gasteiger partial charge in [0, 0.05) is 11.1 Å². The highest BCUT2D eigenvalue weighted by molar-refractivity contribution is 7.15. The Morgan fingerprint density at radius 1 is 1.20 bits per heavy atom. The Morgan fingerprint density at radius 2 is 1.90 bits per heavy atom. The molecule has 1 N–H and O–H groups in total. The summed E-state index contributed by atoms with van der Waals surface area (Å²) in [5.41, 5.74) is 3.41. The van der Waals surface area contributed by atoms with Gasteiger partial charge in [0.2, 0.25) is 0 Å². The van der Waals surface area contributed by atoms with Gasteiger partial charge in [-0.15, -0.1) is 11.3 Å². The molecule has 0 aliphatic carbocycles. The number of aryl methyl sites for hydroxylation is 4. The maximum Gasteiger partial charge on any atom is 0.264 e. The summed E-state index contributed by atoms with van der Waals surface area (Å²) in [5.74, 6) is 0.551. The predicted molar refractivity (Wildman–Crippen MR) is 81.6 cm³/mol. The number of nitrogens with zero attached hydrogens (tertiary/aromatic N) is 1. The minimum atomic E-state index is -0.197. The van der Waals surface area contributed by atoms with Crippen LogP contribution in [0.15, 0.2) is 18.3 Å². The first-order chi connectivity index (χ1) is 9.45. The fraction of sp³-hybridized carbons (Fsp3) is 0.333. The van der Waals surface area contributed by atoms with Gasteiger partial charge in [-0.05, 0) is 50.5 Å². The predicted octanol–water partition coefficient (Wildman–Crippen LogP) is 3.39. The first-order valence-corrected chi connectivity index (χ1v) is 7.20. The zero-order chi connectivity index (χ0) is 14.7. The fourth-order valence-corrected chi connectivity index (χ4v) is 2.48.